The highest BCUT2D eigenvalue weighted by atomic mass is 16.3. The van der Waals surface area contributed by atoms with E-state index >= 15 is 0 Å². The molecule has 0 spiro atoms. The molecule has 4 unspecified atom stereocenters. The van der Waals surface area contributed by atoms with Gasteiger partial charge in [0.05, 0.1) is 0 Å². The summed E-state index contributed by atoms with van der Waals surface area (Å²) in [6.45, 7) is 9.18. The maximum Gasteiger partial charge on any atom is 0.123 e. The molecule has 30 heavy (non-hydrogen) atoms. The summed E-state index contributed by atoms with van der Waals surface area (Å²) in [7, 11) is 0. The van der Waals surface area contributed by atoms with Crippen molar-refractivity contribution in [3.05, 3.63) is 23.3 Å². The second-order valence-corrected chi connectivity index (χ2v) is 11.0. The van der Waals surface area contributed by atoms with Crippen LogP contribution in [0.5, 0.6) is 11.5 Å². The lowest BCUT2D eigenvalue weighted by Gasteiger charge is -2.50. The highest BCUT2D eigenvalue weighted by molar-refractivity contribution is 5.51. The van der Waals surface area contributed by atoms with Crippen LogP contribution in [0.25, 0.3) is 0 Å². The van der Waals surface area contributed by atoms with E-state index in [2.05, 4.69) is 27.7 Å². The number of hydrogen-bond acceptors (Lipinski definition) is 3. The monoisotopic (exact) mass is 416 g/mol. The zero-order chi connectivity index (χ0) is 21.9. The SMILES string of the molecule is CC1CC2CC(C)CC(c3cc(O)c(C4CCCC(CO)C4)c(O)c3)(C1)C2.CCC. The highest BCUT2D eigenvalue weighted by Gasteiger charge is 2.45. The molecular formula is C27H44O3. The molecule has 3 aliphatic carbocycles. The van der Waals surface area contributed by atoms with Crippen LogP contribution in [0.15, 0.2) is 12.1 Å². The third kappa shape index (κ3) is 4.98. The van der Waals surface area contributed by atoms with Gasteiger partial charge in [0.15, 0.2) is 0 Å². The van der Waals surface area contributed by atoms with Crippen molar-refractivity contribution in [3.8, 4) is 11.5 Å². The molecule has 1 aromatic rings. The van der Waals surface area contributed by atoms with Gasteiger partial charge in [-0.25, -0.2) is 0 Å². The van der Waals surface area contributed by atoms with Crippen LogP contribution in [0.2, 0.25) is 0 Å². The highest BCUT2D eigenvalue weighted by Crippen LogP contribution is 2.56. The predicted molar refractivity (Wildman–Crippen MR) is 124 cm³/mol. The average molecular weight is 417 g/mol. The maximum absolute atomic E-state index is 10.9. The minimum Gasteiger partial charge on any atom is -0.508 e. The fourth-order valence-corrected chi connectivity index (χ4v) is 7.12. The molecule has 170 valence electrons. The van der Waals surface area contributed by atoms with Gasteiger partial charge in [0.2, 0.25) is 0 Å². The van der Waals surface area contributed by atoms with Gasteiger partial charge >= 0.3 is 0 Å². The van der Waals surface area contributed by atoms with Crippen molar-refractivity contribution in [3.63, 3.8) is 0 Å². The summed E-state index contributed by atoms with van der Waals surface area (Å²) in [6, 6.07) is 3.95. The van der Waals surface area contributed by atoms with Crippen molar-refractivity contribution >= 4 is 0 Å². The molecular weight excluding hydrogens is 372 g/mol. The first-order valence-electron chi connectivity index (χ1n) is 12.5. The molecule has 3 N–H and O–H groups in total. The molecule has 0 saturated heterocycles. The first-order valence-corrected chi connectivity index (χ1v) is 12.5. The second-order valence-electron chi connectivity index (χ2n) is 11.0. The lowest BCUT2D eigenvalue weighted by atomic mass is 9.54. The molecule has 4 atom stereocenters. The summed E-state index contributed by atoms with van der Waals surface area (Å²) >= 11 is 0. The molecule has 3 fully saturated rings. The fourth-order valence-electron chi connectivity index (χ4n) is 7.12. The molecule has 2 bridgehead atoms. The molecule has 3 aliphatic rings. The molecule has 0 aliphatic heterocycles. The predicted octanol–water partition coefficient (Wildman–Crippen LogP) is 6.88. The number of phenols is 2. The van der Waals surface area contributed by atoms with E-state index < -0.39 is 0 Å². The molecule has 0 aromatic heterocycles. The van der Waals surface area contributed by atoms with E-state index in [1.807, 2.05) is 12.1 Å². The van der Waals surface area contributed by atoms with Gasteiger partial charge < -0.3 is 15.3 Å². The Labute approximate surface area is 183 Å². The molecule has 3 nitrogen and oxygen atoms in total. The van der Waals surface area contributed by atoms with Crippen LogP contribution in [0.3, 0.4) is 0 Å². The molecule has 0 heterocycles. The largest absolute Gasteiger partial charge is 0.508 e. The standard InChI is InChI=1S/C24H36O3.C3H8/c1-15-6-18-7-16(2)12-24(11-15,13-18)20-9-21(26)23(22(27)10-20)19-5-3-4-17(8-19)14-25;1-3-2/h9-10,15-19,25-27H,3-8,11-14H2,1-2H3;3H2,1-2H3. The fraction of sp³-hybridized carbons (Fsp3) is 0.778. The van der Waals surface area contributed by atoms with Crippen LogP contribution in [-0.2, 0) is 5.41 Å². The molecule has 0 amide bonds. The van der Waals surface area contributed by atoms with E-state index in [9.17, 15) is 15.3 Å². The third-order valence-corrected chi connectivity index (χ3v) is 7.83. The van der Waals surface area contributed by atoms with Gasteiger partial charge in [-0.1, -0.05) is 40.5 Å². The number of aliphatic hydroxyl groups excluding tert-OH is 1. The van der Waals surface area contributed by atoms with Gasteiger partial charge in [-0.2, -0.15) is 0 Å². The van der Waals surface area contributed by atoms with Crippen LogP contribution in [0.1, 0.15) is 109 Å². The Kier molecular flexibility index (Phi) is 7.76. The Hall–Kier alpha value is -1.22. The van der Waals surface area contributed by atoms with Gasteiger partial charge in [0.1, 0.15) is 11.5 Å². The summed E-state index contributed by atoms with van der Waals surface area (Å²) in [6.07, 6.45) is 11.4. The van der Waals surface area contributed by atoms with E-state index in [0.29, 0.717) is 17.8 Å². The van der Waals surface area contributed by atoms with Crippen molar-refractivity contribution in [2.24, 2.45) is 23.7 Å². The van der Waals surface area contributed by atoms with E-state index in [-0.39, 0.29) is 29.4 Å². The summed E-state index contributed by atoms with van der Waals surface area (Å²) in [4.78, 5) is 0. The lowest BCUT2D eigenvalue weighted by Crippen LogP contribution is -2.42. The molecule has 0 radical (unpaired) electrons. The van der Waals surface area contributed by atoms with E-state index in [4.69, 9.17) is 0 Å². The number of phenolic OH excluding ortho intramolecular Hbond substituents is 2. The smallest absolute Gasteiger partial charge is 0.123 e. The zero-order valence-electron chi connectivity index (χ0n) is 19.7. The van der Waals surface area contributed by atoms with Gasteiger partial charge in [-0.05, 0) is 104 Å². The summed E-state index contributed by atoms with van der Waals surface area (Å²) < 4.78 is 0. The minimum absolute atomic E-state index is 0.119. The van der Waals surface area contributed by atoms with Crippen LogP contribution in [0, 0.1) is 23.7 Å². The Morgan fingerprint density at radius 1 is 0.900 bits per heavy atom. The number of aromatic hydroxyl groups is 2. The summed E-state index contributed by atoms with van der Waals surface area (Å²) in [5, 5.41) is 31.4. The number of rotatable bonds is 3. The van der Waals surface area contributed by atoms with Crippen molar-refractivity contribution in [2.75, 3.05) is 6.61 Å². The van der Waals surface area contributed by atoms with E-state index in [0.717, 1.165) is 42.7 Å². The Morgan fingerprint density at radius 3 is 2.00 bits per heavy atom. The normalized spacial score (nSPS) is 36.0. The summed E-state index contributed by atoms with van der Waals surface area (Å²) in [5.41, 5.74) is 1.99. The Balaban J connectivity index is 0.000000806. The van der Waals surface area contributed by atoms with Crippen LogP contribution < -0.4 is 0 Å². The van der Waals surface area contributed by atoms with Gasteiger partial charge in [-0.3, -0.25) is 0 Å². The second kappa shape index (κ2) is 9.94. The van der Waals surface area contributed by atoms with Crippen LogP contribution >= 0.6 is 0 Å². The third-order valence-electron chi connectivity index (χ3n) is 7.83. The maximum atomic E-state index is 10.9. The number of hydrogen-bond donors (Lipinski definition) is 3. The van der Waals surface area contributed by atoms with Crippen molar-refractivity contribution in [1.29, 1.82) is 0 Å². The summed E-state index contributed by atoms with van der Waals surface area (Å²) in [5.74, 6) is 3.20. The molecule has 3 heteroatoms. The van der Waals surface area contributed by atoms with Gasteiger partial charge in [0.25, 0.3) is 0 Å². The zero-order valence-corrected chi connectivity index (χ0v) is 19.7. The number of fused-ring (bicyclic) bond motifs is 2. The van der Waals surface area contributed by atoms with E-state index in [1.54, 1.807) is 0 Å². The van der Waals surface area contributed by atoms with Crippen molar-refractivity contribution in [1.82, 2.24) is 0 Å². The Bertz CT molecular complexity index is 655. The first-order chi connectivity index (χ1) is 14.3. The van der Waals surface area contributed by atoms with Gasteiger partial charge in [-0.15, -0.1) is 0 Å². The van der Waals surface area contributed by atoms with E-state index in [1.165, 1.54) is 38.5 Å². The number of aliphatic hydroxyl groups is 1. The average Bonchev–Trinajstić information content (AvgIpc) is 2.67. The first kappa shape index (κ1) is 23.4. The quantitative estimate of drug-likeness (QED) is 0.503. The molecule has 3 saturated carbocycles. The Morgan fingerprint density at radius 2 is 1.47 bits per heavy atom. The topological polar surface area (TPSA) is 60.7 Å². The number of benzene rings is 1. The van der Waals surface area contributed by atoms with Crippen LogP contribution in [0.4, 0.5) is 0 Å². The molecule has 1 aromatic carbocycles. The van der Waals surface area contributed by atoms with Crippen LogP contribution in [-0.4, -0.2) is 21.9 Å². The lowest BCUT2D eigenvalue weighted by molar-refractivity contribution is 0.0776. The van der Waals surface area contributed by atoms with Crippen molar-refractivity contribution < 1.29 is 15.3 Å². The van der Waals surface area contributed by atoms with Crippen molar-refractivity contribution in [2.45, 2.75) is 103 Å². The van der Waals surface area contributed by atoms with Gasteiger partial charge in [0, 0.05) is 12.2 Å². The minimum atomic E-state index is 0.119. The molecule has 4 rings (SSSR count).